The van der Waals surface area contributed by atoms with Crippen molar-refractivity contribution in [3.8, 4) is 5.75 Å². The second-order valence-electron chi connectivity index (χ2n) is 7.28. The fourth-order valence-electron chi connectivity index (χ4n) is 2.02. The van der Waals surface area contributed by atoms with Gasteiger partial charge in [0.2, 0.25) is 0 Å². The number of rotatable bonds is 3. The van der Waals surface area contributed by atoms with Crippen LogP contribution in [0, 0.1) is 20.8 Å². The maximum atomic E-state index is 4.97. The highest BCUT2D eigenvalue weighted by Crippen LogP contribution is 2.14. The van der Waals surface area contributed by atoms with Crippen molar-refractivity contribution in [1.29, 1.82) is 0 Å². The van der Waals surface area contributed by atoms with Crippen LogP contribution in [0.15, 0.2) is 82.6 Å². The Morgan fingerprint density at radius 2 is 0.667 bits per heavy atom. The standard InChI is InChI=1S/C8H10O.2C8H10S.2C2H6O.C2H6S/c3*1-7-3-5-8(9-2)6-4-7;3*1-3-2/h3*3-6H,1-2H3;3*1-2H3. The molecule has 0 bridgehead atoms. The van der Waals surface area contributed by atoms with Crippen LogP contribution in [-0.2, 0) is 9.47 Å². The highest BCUT2D eigenvalue weighted by Gasteiger charge is 1.87. The SMILES string of the molecule is COC.COC.COc1ccc(C)cc1.CSC.CSc1ccc(C)cc1.CSc1ccc(C)cc1. The summed E-state index contributed by atoms with van der Waals surface area (Å²) < 4.78 is 13.5. The topological polar surface area (TPSA) is 27.7 Å². The predicted octanol–water partition coefficient (Wildman–Crippen LogP) is 8.94. The van der Waals surface area contributed by atoms with Gasteiger partial charge in [0.25, 0.3) is 0 Å². The van der Waals surface area contributed by atoms with Gasteiger partial charge in [0.05, 0.1) is 7.11 Å². The molecule has 6 heteroatoms. The Kier molecular flexibility index (Phi) is 32.1. The average molecular weight is 553 g/mol. The zero-order valence-corrected chi connectivity index (χ0v) is 26.8. The Labute approximate surface area is 235 Å². The molecule has 0 N–H and O–H groups in total. The summed E-state index contributed by atoms with van der Waals surface area (Å²) in [4.78, 5) is 2.67. The van der Waals surface area contributed by atoms with Crippen LogP contribution in [0.1, 0.15) is 16.7 Å². The summed E-state index contributed by atoms with van der Waals surface area (Å²) in [5, 5.41) is 0. The number of hydrogen-bond acceptors (Lipinski definition) is 6. The molecule has 0 heterocycles. The quantitative estimate of drug-likeness (QED) is 0.301. The first-order valence-corrected chi connectivity index (χ1v) is 15.3. The van der Waals surface area contributed by atoms with Gasteiger partial charge < -0.3 is 14.2 Å². The lowest BCUT2D eigenvalue weighted by Crippen LogP contribution is -1.80. The summed E-state index contributed by atoms with van der Waals surface area (Å²) in [6, 6.07) is 25.0. The van der Waals surface area contributed by atoms with Crippen LogP contribution in [0.2, 0.25) is 0 Å². The summed E-state index contributed by atoms with van der Waals surface area (Å²) in [7, 11) is 8.17. The van der Waals surface area contributed by atoms with E-state index in [0.29, 0.717) is 0 Å². The van der Waals surface area contributed by atoms with E-state index < -0.39 is 0 Å². The largest absolute Gasteiger partial charge is 0.497 e. The van der Waals surface area contributed by atoms with Crippen LogP contribution < -0.4 is 4.74 Å². The molecule has 0 aliphatic rings. The fraction of sp³-hybridized carbons (Fsp3) is 0.400. The average Bonchev–Trinajstić information content (AvgIpc) is 2.88. The lowest BCUT2D eigenvalue weighted by Gasteiger charge is -1.97. The Morgan fingerprint density at radius 1 is 0.444 bits per heavy atom. The van der Waals surface area contributed by atoms with E-state index in [-0.39, 0.29) is 0 Å². The van der Waals surface area contributed by atoms with Gasteiger partial charge in [-0.2, -0.15) is 11.8 Å². The molecular formula is C30H48O3S3. The molecule has 0 saturated carbocycles. The first kappa shape index (κ1) is 39.0. The summed E-state index contributed by atoms with van der Waals surface area (Å²) in [6.45, 7) is 6.26. The number of methoxy groups -OCH3 is 3. The summed E-state index contributed by atoms with van der Waals surface area (Å²) in [6.07, 6.45) is 8.26. The minimum atomic E-state index is 0.917. The van der Waals surface area contributed by atoms with E-state index in [1.54, 1.807) is 70.8 Å². The van der Waals surface area contributed by atoms with Crippen molar-refractivity contribution in [2.24, 2.45) is 0 Å². The van der Waals surface area contributed by atoms with Gasteiger partial charge in [-0.1, -0.05) is 53.1 Å². The van der Waals surface area contributed by atoms with E-state index in [2.05, 4.69) is 91.3 Å². The van der Waals surface area contributed by atoms with E-state index in [1.165, 1.54) is 26.5 Å². The first-order valence-electron chi connectivity index (χ1n) is 11.3. The van der Waals surface area contributed by atoms with Crippen LogP contribution in [0.5, 0.6) is 5.75 Å². The maximum Gasteiger partial charge on any atom is 0.118 e. The van der Waals surface area contributed by atoms with Crippen molar-refractivity contribution in [2.45, 2.75) is 30.6 Å². The molecule has 204 valence electrons. The van der Waals surface area contributed by atoms with Gasteiger partial charge >= 0.3 is 0 Å². The Balaban J connectivity index is -0.000000390. The second kappa shape index (κ2) is 29.7. The molecule has 3 aromatic rings. The molecular weight excluding hydrogens is 505 g/mol. The third-order valence-corrected chi connectivity index (χ3v) is 5.26. The molecule has 0 unspecified atom stereocenters. The van der Waals surface area contributed by atoms with Crippen molar-refractivity contribution in [2.75, 3.05) is 60.6 Å². The smallest absolute Gasteiger partial charge is 0.118 e. The van der Waals surface area contributed by atoms with Gasteiger partial charge in [0.1, 0.15) is 5.75 Å². The van der Waals surface area contributed by atoms with Crippen LogP contribution in [0.3, 0.4) is 0 Å². The third kappa shape index (κ3) is 27.0. The molecule has 36 heavy (non-hydrogen) atoms. The highest BCUT2D eigenvalue weighted by molar-refractivity contribution is 7.98. The van der Waals surface area contributed by atoms with Crippen LogP contribution in [-0.4, -0.2) is 60.6 Å². The lowest BCUT2D eigenvalue weighted by molar-refractivity contribution is 0.277. The zero-order valence-electron chi connectivity index (χ0n) is 24.4. The minimum absolute atomic E-state index is 0.917. The number of aryl methyl sites for hydroxylation is 3. The molecule has 0 fully saturated rings. The van der Waals surface area contributed by atoms with Crippen molar-refractivity contribution in [3.05, 3.63) is 89.5 Å². The van der Waals surface area contributed by atoms with Gasteiger partial charge in [0.15, 0.2) is 0 Å². The summed E-state index contributed by atoms with van der Waals surface area (Å²) in [5.74, 6) is 0.917. The van der Waals surface area contributed by atoms with E-state index in [4.69, 9.17) is 4.74 Å². The molecule has 0 spiro atoms. The van der Waals surface area contributed by atoms with Gasteiger partial charge in [-0.25, -0.2) is 0 Å². The molecule has 0 radical (unpaired) electrons. The summed E-state index contributed by atoms with van der Waals surface area (Å²) >= 11 is 5.30. The van der Waals surface area contributed by atoms with E-state index in [9.17, 15) is 0 Å². The normalized spacial score (nSPS) is 8.56. The second-order valence-corrected chi connectivity index (χ2v) is 9.85. The van der Waals surface area contributed by atoms with Crippen LogP contribution in [0.4, 0.5) is 0 Å². The zero-order chi connectivity index (χ0) is 28.2. The highest BCUT2D eigenvalue weighted by atomic mass is 32.2. The summed E-state index contributed by atoms with van der Waals surface area (Å²) in [5.41, 5.74) is 3.91. The van der Waals surface area contributed by atoms with Gasteiger partial charge in [0, 0.05) is 38.2 Å². The molecule has 0 aromatic heterocycles. The van der Waals surface area contributed by atoms with Crippen molar-refractivity contribution in [1.82, 2.24) is 0 Å². The van der Waals surface area contributed by atoms with Crippen molar-refractivity contribution >= 4 is 35.3 Å². The monoisotopic (exact) mass is 552 g/mol. The first-order chi connectivity index (χ1) is 17.2. The van der Waals surface area contributed by atoms with Crippen molar-refractivity contribution < 1.29 is 14.2 Å². The Bertz CT molecular complexity index is 693. The van der Waals surface area contributed by atoms with Crippen LogP contribution >= 0.6 is 35.3 Å². The number of thioether (sulfide) groups is 3. The van der Waals surface area contributed by atoms with Crippen molar-refractivity contribution in [3.63, 3.8) is 0 Å². The molecule has 3 rings (SSSR count). The molecule has 0 aliphatic carbocycles. The molecule has 0 saturated heterocycles. The molecule has 3 nitrogen and oxygen atoms in total. The molecule has 0 aliphatic heterocycles. The van der Waals surface area contributed by atoms with E-state index in [0.717, 1.165) is 5.75 Å². The third-order valence-electron chi connectivity index (χ3n) is 3.77. The molecule has 0 amide bonds. The van der Waals surface area contributed by atoms with Gasteiger partial charge in [-0.05, 0) is 82.2 Å². The molecule has 3 aromatic carbocycles. The molecule has 0 atom stereocenters. The lowest BCUT2D eigenvalue weighted by atomic mass is 10.2. The van der Waals surface area contributed by atoms with Gasteiger partial charge in [-0.3, -0.25) is 0 Å². The Morgan fingerprint density at radius 3 is 0.861 bits per heavy atom. The predicted molar refractivity (Wildman–Crippen MR) is 169 cm³/mol. The minimum Gasteiger partial charge on any atom is -0.497 e. The Hall–Kier alpha value is -1.57. The van der Waals surface area contributed by atoms with E-state index in [1.807, 2.05) is 36.8 Å². The van der Waals surface area contributed by atoms with Gasteiger partial charge in [-0.15, -0.1) is 23.5 Å². The maximum absolute atomic E-state index is 4.97. The number of ether oxygens (including phenoxy) is 3. The number of hydrogen-bond donors (Lipinski definition) is 0. The van der Waals surface area contributed by atoms with Crippen LogP contribution in [0.25, 0.3) is 0 Å². The number of benzene rings is 3. The fourth-order valence-corrected chi connectivity index (χ4v) is 2.84. The van der Waals surface area contributed by atoms with E-state index >= 15 is 0 Å².